The molecule has 0 heterocycles. The Morgan fingerprint density at radius 2 is 1.73 bits per heavy atom. The third-order valence-corrected chi connectivity index (χ3v) is 4.11. The molecule has 4 N–H and O–H groups in total. The molecule has 0 bridgehead atoms. The van der Waals surface area contributed by atoms with Crippen molar-refractivity contribution in [3.05, 3.63) is 35.4 Å². The van der Waals surface area contributed by atoms with Gasteiger partial charge in [0, 0.05) is 38.3 Å². The molecule has 1 aromatic carbocycles. The van der Waals surface area contributed by atoms with Crippen molar-refractivity contribution < 1.29 is 14.3 Å². The Labute approximate surface area is 215 Å². The fourth-order valence-corrected chi connectivity index (χ4v) is 2.62. The monoisotopic (exact) mass is 576 g/mol. The molecule has 33 heavy (non-hydrogen) atoms. The van der Waals surface area contributed by atoms with E-state index in [4.69, 9.17) is 4.74 Å². The van der Waals surface area contributed by atoms with Gasteiger partial charge in [0.15, 0.2) is 5.96 Å². The molecule has 0 aliphatic carbocycles. The molecule has 0 aliphatic rings. The summed E-state index contributed by atoms with van der Waals surface area (Å²) in [5.74, 6) is 0.603. The van der Waals surface area contributed by atoms with Gasteiger partial charge in [0.05, 0.1) is 6.54 Å². The minimum Gasteiger partial charge on any atom is -0.444 e. The van der Waals surface area contributed by atoms with Crippen LogP contribution in [-0.4, -0.2) is 75.3 Å². The van der Waals surface area contributed by atoms with E-state index in [1.165, 1.54) is 0 Å². The molecule has 0 unspecified atom stereocenters. The van der Waals surface area contributed by atoms with Gasteiger partial charge in [0.25, 0.3) is 5.91 Å². The van der Waals surface area contributed by atoms with Crippen LogP contribution in [0.2, 0.25) is 0 Å². The molecule has 10 heteroatoms. The zero-order valence-corrected chi connectivity index (χ0v) is 23.1. The van der Waals surface area contributed by atoms with Crippen LogP contribution in [-0.2, 0) is 11.3 Å². The molecule has 0 saturated carbocycles. The maximum absolute atomic E-state index is 12.3. The van der Waals surface area contributed by atoms with E-state index in [0.29, 0.717) is 37.7 Å². The van der Waals surface area contributed by atoms with Crippen molar-refractivity contribution >= 4 is 41.9 Å². The number of alkyl carbamates (subject to hydrolysis) is 1. The summed E-state index contributed by atoms with van der Waals surface area (Å²) in [6.07, 6.45) is 0.315. The van der Waals surface area contributed by atoms with Crippen LogP contribution in [0.25, 0.3) is 0 Å². The fraction of sp³-hybridized carbons (Fsp3) is 0.609. The van der Waals surface area contributed by atoms with Crippen LogP contribution < -0.4 is 21.3 Å². The summed E-state index contributed by atoms with van der Waals surface area (Å²) >= 11 is 0. The third kappa shape index (κ3) is 15.4. The zero-order valence-electron chi connectivity index (χ0n) is 20.8. The second kappa shape index (κ2) is 16.5. The van der Waals surface area contributed by atoms with Crippen molar-refractivity contribution in [3.63, 3.8) is 0 Å². The first-order valence-electron chi connectivity index (χ1n) is 11.1. The van der Waals surface area contributed by atoms with Crippen LogP contribution in [0.5, 0.6) is 0 Å². The second-order valence-corrected chi connectivity index (χ2v) is 8.66. The van der Waals surface area contributed by atoms with Gasteiger partial charge in [-0.2, -0.15) is 0 Å². The molecular weight excluding hydrogens is 535 g/mol. The number of nitrogens with one attached hydrogen (secondary N) is 4. The Kier molecular flexibility index (Phi) is 15.5. The smallest absolute Gasteiger partial charge is 0.407 e. The predicted molar refractivity (Wildman–Crippen MR) is 144 cm³/mol. The van der Waals surface area contributed by atoms with Gasteiger partial charge in [0.1, 0.15) is 5.60 Å². The first-order chi connectivity index (χ1) is 15.1. The summed E-state index contributed by atoms with van der Waals surface area (Å²) in [5, 5.41) is 12.1. The van der Waals surface area contributed by atoms with Crippen molar-refractivity contribution in [2.45, 2.75) is 46.3 Å². The Morgan fingerprint density at radius 3 is 2.36 bits per heavy atom. The molecule has 0 aliphatic heterocycles. The van der Waals surface area contributed by atoms with Crippen molar-refractivity contribution in [2.24, 2.45) is 4.99 Å². The predicted octanol–water partition coefficient (Wildman–Crippen LogP) is 2.57. The minimum atomic E-state index is -0.503. The summed E-state index contributed by atoms with van der Waals surface area (Å²) in [4.78, 5) is 30.6. The number of amides is 2. The van der Waals surface area contributed by atoms with Crippen molar-refractivity contribution in [2.75, 3.05) is 46.8 Å². The SMILES string of the molecule is CCNC(=NCc1cccc(C(=O)NCCN(C)C)c1)NCCCNC(=O)OC(C)(C)C.I. The number of likely N-dealkylation sites (N-methyl/N-ethyl adjacent to an activating group) is 1. The number of hydrogen-bond donors (Lipinski definition) is 4. The van der Waals surface area contributed by atoms with Crippen LogP contribution in [0.3, 0.4) is 0 Å². The van der Waals surface area contributed by atoms with Crippen LogP contribution >= 0.6 is 24.0 Å². The normalized spacial score (nSPS) is 11.4. The van der Waals surface area contributed by atoms with Gasteiger partial charge in [-0.25, -0.2) is 9.79 Å². The Balaban J connectivity index is 0.0000102. The van der Waals surface area contributed by atoms with Gasteiger partial charge in [-0.15, -0.1) is 24.0 Å². The zero-order chi connectivity index (χ0) is 24.0. The lowest BCUT2D eigenvalue weighted by Crippen LogP contribution is -2.39. The van der Waals surface area contributed by atoms with Crippen LogP contribution in [0.15, 0.2) is 29.3 Å². The van der Waals surface area contributed by atoms with Gasteiger partial charge in [-0.3, -0.25) is 4.79 Å². The maximum atomic E-state index is 12.3. The highest BCUT2D eigenvalue weighted by Crippen LogP contribution is 2.07. The van der Waals surface area contributed by atoms with Gasteiger partial charge < -0.3 is 30.9 Å². The molecule has 0 fully saturated rings. The quantitative estimate of drug-likeness (QED) is 0.140. The Morgan fingerprint density at radius 1 is 1.03 bits per heavy atom. The summed E-state index contributed by atoms with van der Waals surface area (Å²) in [6, 6.07) is 7.49. The topological polar surface area (TPSA) is 107 Å². The molecule has 0 saturated heterocycles. The summed E-state index contributed by atoms with van der Waals surface area (Å²) < 4.78 is 5.21. The first kappa shape index (κ1) is 30.9. The number of rotatable bonds is 11. The molecule has 0 spiro atoms. The fourth-order valence-electron chi connectivity index (χ4n) is 2.62. The van der Waals surface area contributed by atoms with Crippen LogP contribution in [0.1, 0.15) is 50.0 Å². The highest BCUT2D eigenvalue weighted by Gasteiger charge is 2.15. The first-order valence-corrected chi connectivity index (χ1v) is 11.1. The Hall–Kier alpha value is -2.08. The lowest BCUT2D eigenvalue weighted by atomic mass is 10.1. The van der Waals surface area contributed by atoms with Crippen molar-refractivity contribution in [1.29, 1.82) is 0 Å². The molecule has 0 aromatic heterocycles. The van der Waals surface area contributed by atoms with E-state index in [-0.39, 0.29) is 29.9 Å². The molecule has 188 valence electrons. The number of aliphatic imine (C=N–C) groups is 1. The highest BCUT2D eigenvalue weighted by molar-refractivity contribution is 14.0. The van der Waals surface area contributed by atoms with E-state index in [2.05, 4.69) is 26.3 Å². The van der Waals surface area contributed by atoms with E-state index in [0.717, 1.165) is 25.1 Å². The molecular formula is C23H41IN6O3. The van der Waals surface area contributed by atoms with Gasteiger partial charge in [0.2, 0.25) is 0 Å². The molecule has 0 radical (unpaired) electrons. The highest BCUT2D eigenvalue weighted by atomic mass is 127. The number of carbonyl (C=O) groups excluding carboxylic acids is 2. The van der Waals surface area contributed by atoms with Gasteiger partial charge in [-0.1, -0.05) is 12.1 Å². The lowest BCUT2D eigenvalue weighted by molar-refractivity contribution is 0.0527. The van der Waals surface area contributed by atoms with E-state index in [9.17, 15) is 9.59 Å². The molecule has 1 aromatic rings. The van der Waals surface area contributed by atoms with Gasteiger partial charge >= 0.3 is 6.09 Å². The second-order valence-electron chi connectivity index (χ2n) is 8.66. The molecule has 2 amide bonds. The van der Waals surface area contributed by atoms with E-state index in [1.54, 1.807) is 6.07 Å². The third-order valence-electron chi connectivity index (χ3n) is 4.11. The number of hydrogen-bond acceptors (Lipinski definition) is 5. The number of nitrogens with zero attached hydrogens (tertiary/aromatic N) is 2. The van der Waals surface area contributed by atoms with E-state index in [1.807, 2.05) is 64.9 Å². The van der Waals surface area contributed by atoms with Crippen LogP contribution in [0.4, 0.5) is 4.79 Å². The average Bonchev–Trinajstić information content (AvgIpc) is 2.70. The molecule has 9 nitrogen and oxygen atoms in total. The average molecular weight is 577 g/mol. The lowest BCUT2D eigenvalue weighted by Gasteiger charge is -2.19. The summed E-state index contributed by atoms with van der Waals surface area (Å²) in [6.45, 7) is 11.2. The number of carbonyl (C=O) groups is 2. The molecule has 1 rings (SSSR count). The number of guanidine groups is 1. The molecule has 0 atom stereocenters. The minimum absolute atomic E-state index is 0. The number of halogens is 1. The number of ether oxygens (including phenoxy) is 1. The standard InChI is InChI=1S/C23H40N6O3.HI/c1-7-24-21(26-12-9-13-27-22(31)32-23(2,3)4)28-17-18-10-8-11-19(16-18)20(30)25-14-15-29(5)6;/h8,10-11,16H,7,9,12-15,17H2,1-6H3,(H,25,30)(H,27,31)(H2,24,26,28);1H. The van der Waals surface area contributed by atoms with E-state index < -0.39 is 11.7 Å². The maximum Gasteiger partial charge on any atom is 0.407 e. The number of benzene rings is 1. The van der Waals surface area contributed by atoms with E-state index >= 15 is 0 Å². The largest absolute Gasteiger partial charge is 0.444 e. The van der Waals surface area contributed by atoms with Crippen molar-refractivity contribution in [1.82, 2.24) is 26.2 Å². The van der Waals surface area contributed by atoms with Crippen molar-refractivity contribution in [3.8, 4) is 0 Å². The summed E-state index contributed by atoms with van der Waals surface area (Å²) in [7, 11) is 3.94. The van der Waals surface area contributed by atoms with Crippen LogP contribution in [0, 0.1) is 0 Å². The van der Waals surface area contributed by atoms with Gasteiger partial charge in [-0.05, 0) is 65.9 Å². The Bertz CT molecular complexity index is 750. The summed E-state index contributed by atoms with van der Waals surface area (Å²) in [5.41, 5.74) is 1.08.